The summed E-state index contributed by atoms with van der Waals surface area (Å²) in [6.07, 6.45) is 4.29. The molecule has 0 aliphatic heterocycles. The average Bonchev–Trinajstić information content (AvgIpc) is 2.97. The minimum atomic E-state index is -0.588. The first-order valence-corrected chi connectivity index (χ1v) is 9.39. The summed E-state index contributed by atoms with van der Waals surface area (Å²) in [5.41, 5.74) is 3.12. The van der Waals surface area contributed by atoms with Gasteiger partial charge in [0, 0.05) is 31.8 Å². The predicted octanol–water partition coefficient (Wildman–Crippen LogP) is 3.10. The number of nitrogens with zero attached hydrogens (tertiary/aromatic N) is 2. The van der Waals surface area contributed by atoms with Crippen molar-refractivity contribution in [1.29, 1.82) is 0 Å². The third kappa shape index (κ3) is 4.76. The van der Waals surface area contributed by atoms with Gasteiger partial charge < -0.3 is 9.73 Å². The monoisotopic (exact) mass is 379 g/mol. The Kier molecular flexibility index (Phi) is 6.09. The zero-order valence-electron chi connectivity index (χ0n) is 16.5. The summed E-state index contributed by atoms with van der Waals surface area (Å²) < 4.78 is 7.09. The molecule has 3 aromatic rings. The van der Waals surface area contributed by atoms with Gasteiger partial charge in [0.05, 0.1) is 5.69 Å². The molecule has 146 valence electrons. The number of aromatic nitrogens is 2. The Morgan fingerprint density at radius 3 is 2.57 bits per heavy atom. The summed E-state index contributed by atoms with van der Waals surface area (Å²) in [4.78, 5) is 24.9. The lowest BCUT2D eigenvalue weighted by molar-refractivity contribution is 0.0945. The fraction of sp³-hybridized carbons (Fsp3) is 0.318. The van der Waals surface area contributed by atoms with Crippen molar-refractivity contribution in [2.75, 3.05) is 0 Å². The maximum Gasteiger partial charge on any atom is 0.349 e. The molecule has 6 heteroatoms. The van der Waals surface area contributed by atoms with Gasteiger partial charge in [0.1, 0.15) is 11.3 Å². The Labute approximate surface area is 164 Å². The summed E-state index contributed by atoms with van der Waals surface area (Å²) in [5.74, 6) is 0.184. The number of nitrogens with one attached hydrogen (secondary N) is 1. The molecule has 28 heavy (non-hydrogen) atoms. The number of rotatable bonds is 7. The van der Waals surface area contributed by atoms with Gasteiger partial charge in [-0.2, -0.15) is 5.10 Å². The number of aryl methyl sites for hydroxylation is 5. The topological polar surface area (TPSA) is 77.1 Å². The second-order valence-corrected chi connectivity index (χ2v) is 6.99. The van der Waals surface area contributed by atoms with Crippen LogP contribution in [0.1, 0.15) is 44.9 Å². The molecule has 6 nitrogen and oxygen atoms in total. The molecule has 1 N–H and O–H groups in total. The fourth-order valence-corrected chi connectivity index (χ4v) is 3.27. The van der Waals surface area contributed by atoms with Gasteiger partial charge in [-0.15, -0.1) is 0 Å². The predicted molar refractivity (Wildman–Crippen MR) is 107 cm³/mol. The normalized spacial score (nSPS) is 10.8. The van der Waals surface area contributed by atoms with Crippen LogP contribution < -0.4 is 10.9 Å². The molecule has 0 unspecified atom stereocenters. The summed E-state index contributed by atoms with van der Waals surface area (Å²) in [5, 5.41) is 7.03. The zero-order valence-corrected chi connectivity index (χ0v) is 16.5. The molecule has 1 aromatic carbocycles. The van der Waals surface area contributed by atoms with Gasteiger partial charge >= 0.3 is 5.63 Å². The maximum absolute atomic E-state index is 12.5. The smallest absolute Gasteiger partial charge is 0.349 e. The maximum atomic E-state index is 12.5. The van der Waals surface area contributed by atoms with Crippen LogP contribution in [0, 0.1) is 13.8 Å². The molecule has 2 heterocycles. The van der Waals surface area contributed by atoms with E-state index in [0.717, 1.165) is 24.1 Å². The molecule has 0 atom stereocenters. The number of carbonyl (C=O) groups is 1. The third-order valence-corrected chi connectivity index (χ3v) is 4.71. The highest BCUT2D eigenvalue weighted by Gasteiger charge is 2.17. The van der Waals surface area contributed by atoms with Gasteiger partial charge in [-0.25, -0.2) is 4.79 Å². The first kappa shape index (κ1) is 19.6. The molecule has 0 saturated carbocycles. The molecule has 0 fully saturated rings. The van der Waals surface area contributed by atoms with Crippen LogP contribution in [0.2, 0.25) is 0 Å². The van der Waals surface area contributed by atoms with Crippen molar-refractivity contribution in [3.8, 4) is 0 Å². The van der Waals surface area contributed by atoms with E-state index >= 15 is 0 Å². The van der Waals surface area contributed by atoms with Crippen LogP contribution in [0.3, 0.4) is 0 Å². The average molecular weight is 379 g/mol. The fourth-order valence-electron chi connectivity index (χ4n) is 3.27. The lowest BCUT2D eigenvalue weighted by Gasteiger charge is -2.08. The van der Waals surface area contributed by atoms with Gasteiger partial charge in [0.15, 0.2) is 0 Å². The summed E-state index contributed by atoms with van der Waals surface area (Å²) in [6, 6.07) is 12.0. The van der Waals surface area contributed by atoms with E-state index in [9.17, 15) is 9.59 Å². The third-order valence-electron chi connectivity index (χ3n) is 4.71. The van der Waals surface area contributed by atoms with Gasteiger partial charge in [0.2, 0.25) is 0 Å². The standard InChI is InChI=1S/C22H25N3O3/c1-15-12-19(11-7-10-17-8-5-4-6-9-17)28-22(27)20(15)21(26)23-13-18-14-25(3)24-16(18)2/h4-6,8-9,12,14H,7,10-11,13H2,1-3H3,(H,23,26). The molecule has 2 aromatic heterocycles. The quantitative estimate of drug-likeness (QED) is 0.684. The van der Waals surface area contributed by atoms with Crippen LogP contribution in [0.25, 0.3) is 0 Å². The van der Waals surface area contributed by atoms with Crippen LogP contribution in [-0.4, -0.2) is 15.7 Å². The second-order valence-electron chi connectivity index (χ2n) is 6.99. The molecule has 0 bridgehead atoms. The van der Waals surface area contributed by atoms with Crippen molar-refractivity contribution in [3.05, 3.63) is 86.7 Å². The number of amides is 1. The van der Waals surface area contributed by atoms with E-state index in [1.807, 2.05) is 38.4 Å². The van der Waals surface area contributed by atoms with Crippen LogP contribution in [0.15, 0.2) is 51.8 Å². The molecule has 0 saturated heterocycles. The SMILES string of the molecule is Cc1cc(CCCc2ccccc2)oc(=O)c1C(=O)NCc1cn(C)nc1C. The summed E-state index contributed by atoms with van der Waals surface area (Å²) in [6.45, 7) is 3.96. The van der Waals surface area contributed by atoms with E-state index in [1.165, 1.54) is 5.56 Å². The lowest BCUT2D eigenvalue weighted by atomic mass is 10.1. The van der Waals surface area contributed by atoms with Crippen molar-refractivity contribution in [2.24, 2.45) is 7.05 Å². The lowest BCUT2D eigenvalue weighted by Crippen LogP contribution is -2.29. The van der Waals surface area contributed by atoms with Crippen LogP contribution >= 0.6 is 0 Å². The zero-order chi connectivity index (χ0) is 20.1. The molecule has 1 amide bonds. The van der Waals surface area contributed by atoms with Gasteiger partial charge in [-0.05, 0) is 43.9 Å². The molecule has 3 rings (SSSR count). The van der Waals surface area contributed by atoms with Crippen molar-refractivity contribution in [1.82, 2.24) is 15.1 Å². The number of benzene rings is 1. The van der Waals surface area contributed by atoms with Crippen molar-refractivity contribution in [2.45, 2.75) is 39.7 Å². The van der Waals surface area contributed by atoms with Crippen LogP contribution in [0.5, 0.6) is 0 Å². The van der Waals surface area contributed by atoms with E-state index in [2.05, 4.69) is 22.5 Å². The van der Waals surface area contributed by atoms with Gasteiger partial charge in [0.25, 0.3) is 5.91 Å². The van der Waals surface area contributed by atoms with E-state index in [4.69, 9.17) is 4.42 Å². The van der Waals surface area contributed by atoms with Crippen molar-refractivity contribution >= 4 is 5.91 Å². The van der Waals surface area contributed by atoms with E-state index in [-0.39, 0.29) is 5.56 Å². The molecular weight excluding hydrogens is 354 g/mol. The first-order valence-electron chi connectivity index (χ1n) is 9.39. The summed E-state index contributed by atoms with van der Waals surface area (Å²) >= 11 is 0. The minimum absolute atomic E-state index is 0.0633. The highest BCUT2D eigenvalue weighted by Crippen LogP contribution is 2.12. The molecule has 0 aliphatic rings. The largest absolute Gasteiger partial charge is 0.427 e. The highest BCUT2D eigenvalue weighted by molar-refractivity contribution is 5.95. The number of hydrogen-bond acceptors (Lipinski definition) is 4. The van der Waals surface area contributed by atoms with Gasteiger partial charge in [-0.1, -0.05) is 30.3 Å². The Morgan fingerprint density at radius 2 is 1.93 bits per heavy atom. The first-order chi connectivity index (χ1) is 13.4. The van der Waals surface area contributed by atoms with Gasteiger partial charge in [-0.3, -0.25) is 9.48 Å². The van der Waals surface area contributed by atoms with Crippen molar-refractivity contribution < 1.29 is 9.21 Å². The van der Waals surface area contributed by atoms with E-state index < -0.39 is 11.5 Å². The Hall–Kier alpha value is -3.15. The Morgan fingerprint density at radius 1 is 1.18 bits per heavy atom. The minimum Gasteiger partial charge on any atom is -0.427 e. The van der Waals surface area contributed by atoms with Crippen LogP contribution in [0.4, 0.5) is 0 Å². The Bertz CT molecular complexity index is 1020. The van der Waals surface area contributed by atoms with Crippen LogP contribution in [-0.2, 0) is 26.4 Å². The highest BCUT2D eigenvalue weighted by atomic mass is 16.4. The molecule has 0 aliphatic carbocycles. The van der Waals surface area contributed by atoms with E-state index in [1.54, 1.807) is 17.7 Å². The molecular formula is C22H25N3O3. The Balaban J connectivity index is 1.63. The van der Waals surface area contributed by atoms with E-state index in [0.29, 0.717) is 24.3 Å². The molecule has 0 radical (unpaired) electrons. The second kappa shape index (κ2) is 8.69. The van der Waals surface area contributed by atoms with Crippen molar-refractivity contribution in [3.63, 3.8) is 0 Å². The summed E-state index contributed by atoms with van der Waals surface area (Å²) in [7, 11) is 1.83. The number of carbonyl (C=O) groups excluding carboxylic acids is 1. The number of hydrogen-bond donors (Lipinski definition) is 1. The molecule has 0 spiro atoms.